The third-order valence-electron chi connectivity index (χ3n) is 2.57. The van der Waals surface area contributed by atoms with Crippen molar-refractivity contribution in [3.63, 3.8) is 0 Å². The topological polar surface area (TPSA) is 52.3 Å². The summed E-state index contributed by atoms with van der Waals surface area (Å²) in [6.07, 6.45) is 1.36. The number of ether oxygens (including phenoxy) is 1. The Morgan fingerprint density at radius 3 is 2.61 bits per heavy atom. The minimum Gasteiger partial charge on any atom is -0.468 e. The van der Waals surface area contributed by atoms with Crippen molar-refractivity contribution in [2.45, 2.75) is 30.2 Å². The molecule has 0 aliphatic carbocycles. The van der Waals surface area contributed by atoms with Crippen molar-refractivity contribution in [3.05, 3.63) is 30.1 Å². The van der Waals surface area contributed by atoms with E-state index in [1.807, 2.05) is 0 Å². The number of hydrogen-bond donors (Lipinski definition) is 1. The van der Waals surface area contributed by atoms with Crippen LogP contribution in [0.25, 0.3) is 0 Å². The molecule has 18 heavy (non-hydrogen) atoms. The van der Waals surface area contributed by atoms with E-state index in [2.05, 4.69) is 4.74 Å². The second-order valence-electron chi connectivity index (χ2n) is 4.31. The fraction of sp³-hybridized carbons (Fsp3) is 0.462. The molecule has 1 atom stereocenters. The summed E-state index contributed by atoms with van der Waals surface area (Å²) in [5, 5.41) is 0. The molecule has 0 saturated carbocycles. The summed E-state index contributed by atoms with van der Waals surface area (Å²) in [5.41, 5.74) is 4.90. The lowest BCUT2D eigenvalue weighted by Gasteiger charge is -2.20. The van der Waals surface area contributed by atoms with Gasteiger partial charge in [0.15, 0.2) is 0 Å². The van der Waals surface area contributed by atoms with Crippen LogP contribution < -0.4 is 5.73 Å². The predicted molar refractivity (Wildman–Crippen MR) is 71.0 cm³/mol. The first kappa shape index (κ1) is 15.0. The number of thioether (sulfide) groups is 1. The summed E-state index contributed by atoms with van der Waals surface area (Å²) >= 11 is 1.61. The van der Waals surface area contributed by atoms with Gasteiger partial charge < -0.3 is 10.5 Å². The number of rotatable bonds is 6. The van der Waals surface area contributed by atoms with Gasteiger partial charge in [0, 0.05) is 4.90 Å². The molecule has 0 radical (unpaired) electrons. The molecular weight excluding hydrogens is 253 g/mol. The van der Waals surface area contributed by atoms with E-state index >= 15 is 0 Å². The van der Waals surface area contributed by atoms with Crippen molar-refractivity contribution >= 4 is 17.7 Å². The highest BCUT2D eigenvalue weighted by molar-refractivity contribution is 7.99. The maximum Gasteiger partial charge on any atom is 0.325 e. The number of benzene rings is 1. The van der Waals surface area contributed by atoms with Gasteiger partial charge in [-0.25, -0.2) is 4.39 Å². The minimum atomic E-state index is -0.932. The molecule has 1 aromatic rings. The lowest BCUT2D eigenvalue weighted by atomic mass is 9.98. The summed E-state index contributed by atoms with van der Waals surface area (Å²) in [6.45, 7) is 1.67. The zero-order chi connectivity index (χ0) is 13.6. The molecular formula is C13H18FNO2S. The van der Waals surface area contributed by atoms with E-state index in [1.165, 1.54) is 19.2 Å². The second kappa shape index (κ2) is 6.75. The van der Waals surface area contributed by atoms with Gasteiger partial charge >= 0.3 is 5.97 Å². The maximum absolute atomic E-state index is 12.7. The molecule has 2 N–H and O–H groups in total. The van der Waals surface area contributed by atoms with Crippen molar-refractivity contribution in [1.82, 2.24) is 0 Å². The molecule has 0 saturated heterocycles. The van der Waals surface area contributed by atoms with E-state index in [9.17, 15) is 9.18 Å². The van der Waals surface area contributed by atoms with Crippen molar-refractivity contribution < 1.29 is 13.9 Å². The Bertz CT molecular complexity index is 392. The molecule has 0 aliphatic heterocycles. The average molecular weight is 271 g/mol. The van der Waals surface area contributed by atoms with Gasteiger partial charge in [0.2, 0.25) is 0 Å². The van der Waals surface area contributed by atoms with Crippen LogP contribution in [0.4, 0.5) is 4.39 Å². The van der Waals surface area contributed by atoms with E-state index in [1.54, 1.807) is 30.8 Å². The van der Waals surface area contributed by atoms with Gasteiger partial charge in [-0.3, -0.25) is 4.79 Å². The van der Waals surface area contributed by atoms with Crippen LogP contribution in [-0.2, 0) is 9.53 Å². The van der Waals surface area contributed by atoms with E-state index < -0.39 is 11.5 Å². The summed E-state index contributed by atoms with van der Waals surface area (Å²) in [7, 11) is 1.33. The Labute approximate surface area is 111 Å². The molecule has 1 unspecified atom stereocenters. The van der Waals surface area contributed by atoms with E-state index in [0.717, 1.165) is 17.1 Å². The van der Waals surface area contributed by atoms with Crippen LogP contribution in [0, 0.1) is 5.82 Å². The van der Waals surface area contributed by atoms with Crippen LogP contribution >= 0.6 is 11.8 Å². The van der Waals surface area contributed by atoms with Crippen LogP contribution in [0.15, 0.2) is 29.2 Å². The third-order valence-corrected chi connectivity index (χ3v) is 3.67. The zero-order valence-corrected chi connectivity index (χ0v) is 11.4. The smallest absolute Gasteiger partial charge is 0.325 e. The summed E-state index contributed by atoms with van der Waals surface area (Å²) in [5.74, 6) is 0.198. The number of carbonyl (C=O) groups is 1. The Kier molecular flexibility index (Phi) is 5.62. The lowest BCUT2D eigenvalue weighted by molar-refractivity contribution is -0.146. The largest absolute Gasteiger partial charge is 0.468 e. The number of hydrogen-bond acceptors (Lipinski definition) is 4. The number of methoxy groups -OCH3 is 1. The van der Waals surface area contributed by atoms with Crippen molar-refractivity contribution in [2.75, 3.05) is 12.9 Å². The number of halogens is 1. The summed E-state index contributed by atoms with van der Waals surface area (Å²) in [4.78, 5) is 12.3. The highest BCUT2D eigenvalue weighted by atomic mass is 32.2. The minimum absolute atomic E-state index is 0.237. The SMILES string of the molecule is COC(=O)C(C)(N)CCCSc1ccc(F)cc1. The van der Waals surface area contributed by atoms with Crippen molar-refractivity contribution in [2.24, 2.45) is 5.73 Å². The van der Waals surface area contributed by atoms with Gasteiger partial charge in [-0.2, -0.15) is 0 Å². The van der Waals surface area contributed by atoms with Crippen LogP contribution in [-0.4, -0.2) is 24.4 Å². The summed E-state index contributed by atoms with van der Waals surface area (Å²) in [6, 6.07) is 6.34. The fourth-order valence-corrected chi connectivity index (χ4v) is 2.35. The Hall–Kier alpha value is -1.07. The van der Waals surface area contributed by atoms with E-state index in [4.69, 9.17) is 5.73 Å². The quantitative estimate of drug-likeness (QED) is 0.491. The first-order chi connectivity index (χ1) is 8.45. The molecule has 1 aromatic carbocycles. The molecule has 3 nitrogen and oxygen atoms in total. The van der Waals surface area contributed by atoms with Crippen LogP contribution in [0.5, 0.6) is 0 Å². The normalized spacial score (nSPS) is 14.0. The standard InChI is InChI=1S/C13H18FNO2S/c1-13(15,12(16)17-2)8-3-9-18-11-6-4-10(14)5-7-11/h4-7H,3,8-9,15H2,1-2H3. The third kappa shape index (κ3) is 4.66. The zero-order valence-electron chi connectivity index (χ0n) is 10.6. The molecule has 0 amide bonds. The fourth-order valence-electron chi connectivity index (χ4n) is 1.50. The lowest BCUT2D eigenvalue weighted by Crippen LogP contribution is -2.45. The molecule has 1 rings (SSSR count). The van der Waals surface area contributed by atoms with Gasteiger partial charge in [0.1, 0.15) is 11.4 Å². The van der Waals surface area contributed by atoms with Gasteiger partial charge in [-0.15, -0.1) is 11.8 Å². The van der Waals surface area contributed by atoms with Gasteiger partial charge in [0.05, 0.1) is 7.11 Å². The second-order valence-corrected chi connectivity index (χ2v) is 5.48. The highest BCUT2D eigenvalue weighted by Crippen LogP contribution is 2.21. The molecule has 0 heterocycles. The molecule has 0 spiro atoms. The van der Waals surface area contributed by atoms with Crippen molar-refractivity contribution in [3.8, 4) is 0 Å². The van der Waals surface area contributed by atoms with Crippen LogP contribution in [0.1, 0.15) is 19.8 Å². The Balaban J connectivity index is 2.30. The molecule has 0 aliphatic rings. The highest BCUT2D eigenvalue weighted by Gasteiger charge is 2.28. The Morgan fingerprint density at radius 1 is 1.44 bits per heavy atom. The van der Waals surface area contributed by atoms with E-state index in [-0.39, 0.29) is 5.82 Å². The van der Waals surface area contributed by atoms with Crippen LogP contribution in [0.3, 0.4) is 0 Å². The Morgan fingerprint density at radius 2 is 2.06 bits per heavy atom. The summed E-state index contributed by atoms with van der Waals surface area (Å²) < 4.78 is 17.3. The molecule has 0 bridgehead atoms. The number of carbonyl (C=O) groups excluding carboxylic acids is 1. The molecule has 0 fully saturated rings. The van der Waals surface area contributed by atoms with Gasteiger partial charge in [0.25, 0.3) is 0 Å². The molecule has 0 aromatic heterocycles. The van der Waals surface area contributed by atoms with E-state index in [0.29, 0.717) is 6.42 Å². The van der Waals surface area contributed by atoms with Gasteiger partial charge in [-0.1, -0.05) is 0 Å². The molecule has 100 valence electrons. The average Bonchev–Trinajstić information content (AvgIpc) is 2.35. The van der Waals surface area contributed by atoms with Gasteiger partial charge in [-0.05, 0) is 49.8 Å². The number of nitrogens with two attached hydrogens (primary N) is 1. The predicted octanol–water partition coefficient (Wildman–Crippen LogP) is 2.59. The number of esters is 1. The van der Waals surface area contributed by atoms with Crippen LogP contribution in [0.2, 0.25) is 0 Å². The van der Waals surface area contributed by atoms with Crippen molar-refractivity contribution in [1.29, 1.82) is 0 Å². The monoisotopic (exact) mass is 271 g/mol. The maximum atomic E-state index is 12.7. The first-order valence-corrected chi connectivity index (χ1v) is 6.70. The molecule has 5 heteroatoms. The first-order valence-electron chi connectivity index (χ1n) is 5.71.